The first-order valence-electron chi connectivity index (χ1n) is 8.36. The van der Waals surface area contributed by atoms with E-state index in [4.69, 9.17) is 0 Å². The molecule has 1 aliphatic heterocycles. The average molecular weight is 363 g/mol. The monoisotopic (exact) mass is 363 g/mol. The third kappa shape index (κ3) is 2.70. The molecule has 1 unspecified atom stereocenters. The first-order valence-corrected chi connectivity index (χ1v) is 9.24. The highest BCUT2D eigenvalue weighted by molar-refractivity contribution is 7.13. The van der Waals surface area contributed by atoms with Gasteiger partial charge in [-0.15, -0.1) is 11.3 Å². The fraction of sp³-hybridized carbons (Fsp3) is 0.143. The molecule has 4 nitrogen and oxygen atoms in total. The minimum Gasteiger partial charge on any atom is -0.481 e. The zero-order chi connectivity index (χ0) is 18.3. The summed E-state index contributed by atoms with van der Waals surface area (Å²) in [6, 6.07) is 17.1. The predicted molar refractivity (Wildman–Crippen MR) is 103 cm³/mol. The highest BCUT2D eigenvalue weighted by Gasteiger charge is 2.29. The van der Waals surface area contributed by atoms with Gasteiger partial charge < -0.3 is 10.0 Å². The van der Waals surface area contributed by atoms with E-state index in [-0.39, 0.29) is 5.91 Å². The number of fused-ring (bicyclic) bond motifs is 1. The zero-order valence-corrected chi connectivity index (χ0v) is 15.0. The van der Waals surface area contributed by atoms with Crippen LogP contribution in [0.1, 0.15) is 34.3 Å². The van der Waals surface area contributed by atoms with Crippen LogP contribution in [0.25, 0.3) is 10.4 Å². The van der Waals surface area contributed by atoms with Crippen molar-refractivity contribution < 1.29 is 14.7 Å². The molecule has 130 valence electrons. The molecule has 0 bridgehead atoms. The molecule has 0 saturated heterocycles. The van der Waals surface area contributed by atoms with Crippen molar-refractivity contribution in [3.8, 4) is 10.4 Å². The van der Waals surface area contributed by atoms with Crippen molar-refractivity contribution in [2.24, 2.45) is 0 Å². The largest absolute Gasteiger partial charge is 0.481 e. The fourth-order valence-corrected chi connectivity index (χ4v) is 4.10. The Morgan fingerprint density at radius 2 is 1.92 bits per heavy atom. The highest BCUT2D eigenvalue weighted by atomic mass is 32.1. The lowest BCUT2D eigenvalue weighted by atomic mass is 9.94. The van der Waals surface area contributed by atoms with Gasteiger partial charge in [-0.2, -0.15) is 0 Å². The molecule has 1 aliphatic rings. The van der Waals surface area contributed by atoms with E-state index in [9.17, 15) is 14.7 Å². The Labute approximate surface area is 155 Å². The number of anilines is 1. The molecule has 5 heteroatoms. The Kier molecular flexibility index (Phi) is 4.09. The molecule has 0 radical (unpaired) electrons. The second kappa shape index (κ2) is 6.42. The topological polar surface area (TPSA) is 57.6 Å². The van der Waals surface area contributed by atoms with Crippen molar-refractivity contribution in [3.05, 3.63) is 76.7 Å². The summed E-state index contributed by atoms with van der Waals surface area (Å²) in [6.07, 6.45) is 0. The molecule has 1 amide bonds. The standard InChI is InChI=1S/C21H17NO3S/c1-13(21(24)25)16-9-8-15(11-18(16)19-7-4-10-26-19)22-12-14-5-2-3-6-17(14)20(22)23/h2-11,13H,12H2,1H3,(H,24,25). The Balaban J connectivity index is 1.79. The minimum atomic E-state index is -0.861. The summed E-state index contributed by atoms with van der Waals surface area (Å²) in [7, 11) is 0. The average Bonchev–Trinajstić information content (AvgIpc) is 3.29. The van der Waals surface area contributed by atoms with E-state index in [2.05, 4.69) is 0 Å². The predicted octanol–water partition coefficient (Wildman–Crippen LogP) is 4.76. The molecule has 0 fully saturated rings. The Morgan fingerprint density at radius 1 is 1.12 bits per heavy atom. The van der Waals surface area contributed by atoms with Crippen molar-refractivity contribution in [1.29, 1.82) is 0 Å². The quantitative estimate of drug-likeness (QED) is 0.727. The molecule has 0 saturated carbocycles. The maximum Gasteiger partial charge on any atom is 0.310 e. The number of aliphatic carboxylic acids is 1. The van der Waals surface area contributed by atoms with Gasteiger partial charge in [0.2, 0.25) is 0 Å². The summed E-state index contributed by atoms with van der Waals surface area (Å²) in [5, 5.41) is 11.4. The number of hydrogen-bond acceptors (Lipinski definition) is 3. The van der Waals surface area contributed by atoms with Gasteiger partial charge in [-0.25, -0.2) is 0 Å². The van der Waals surface area contributed by atoms with E-state index in [1.807, 2.05) is 60.0 Å². The maximum atomic E-state index is 12.8. The van der Waals surface area contributed by atoms with Gasteiger partial charge in [0.1, 0.15) is 0 Å². The molecule has 0 spiro atoms. The van der Waals surface area contributed by atoms with E-state index in [1.54, 1.807) is 23.2 Å². The zero-order valence-electron chi connectivity index (χ0n) is 14.2. The van der Waals surface area contributed by atoms with Crippen LogP contribution in [-0.2, 0) is 11.3 Å². The number of benzene rings is 2. The lowest BCUT2D eigenvalue weighted by Gasteiger charge is -2.20. The van der Waals surface area contributed by atoms with E-state index in [0.29, 0.717) is 6.54 Å². The van der Waals surface area contributed by atoms with Crippen molar-refractivity contribution >= 4 is 28.9 Å². The number of amides is 1. The number of hydrogen-bond donors (Lipinski definition) is 1. The van der Waals surface area contributed by atoms with Crippen LogP contribution >= 0.6 is 11.3 Å². The maximum absolute atomic E-state index is 12.8. The highest BCUT2D eigenvalue weighted by Crippen LogP contribution is 2.37. The summed E-state index contributed by atoms with van der Waals surface area (Å²) >= 11 is 1.56. The van der Waals surface area contributed by atoms with E-state index >= 15 is 0 Å². The Morgan fingerprint density at radius 3 is 2.62 bits per heavy atom. The Bertz CT molecular complexity index is 994. The van der Waals surface area contributed by atoms with E-state index in [1.165, 1.54) is 0 Å². The van der Waals surface area contributed by atoms with Crippen molar-refractivity contribution in [2.45, 2.75) is 19.4 Å². The fourth-order valence-electron chi connectivity index (χ4n) is 3.33. The van der Waals surface area contributed by atoms with Gasteiger partial charge in [-0.1, -0.05) is 30.3 Å². The molecule has 4 rings (SSSR count). The smallest absolute Gasteiger partial charge is 0.310 e. The van der Waals surface area contributed by atoms with Crippen LogP contribution in [0, 0.1) is 0 Å². The van der Waals surface area contributed by atoms with Crippen molar-refractivity contribution in [2.75, 3.05) is 4.90 Å². The molecule has 1 aromatic heterocycles. The van der Waals surface area contributed by atoms with Gasteiger partial charge in [0.05, 0.1) is 12.5 Å². The molecule has 26 heavy (non-hydrogen) atoms. The van der Waals surface area contributed by atoms with Gasteiger partial charge in [0.15, 0.2) is 0 Å². The summed E-state index contributed by atoms with van der Waals surface area (Å²) in [4.78, 5) is 27.0. The number of carboxylic acids is 1. The van der Waals surface area contributed by atoms with Crippen LogP contribution < -0.4 is 4.90 Å². The van der Waals surface area contributed by atoms with Gasteiger partial charge in [-0.05, 0) is 53.3 Å². The second-order valence-corrected chi connectivity index (χ2v) is 7.30. The van der Waals surface area contributed by atoms with Crippen LogP contribution in [0.5, 0.6) is 0 Å². The third-order valence-electron chi connectivity index (χ3n) is 4.79. The molecular formula is C21H17NO3S. The van der Waals surface area contributed by atoms with Gasteiger partial charge in [0, 0.05) is 16.1 Å². The lowest BCUT2D eigenvalue weighted by Crippen LogP contribution is -2.23. The van der Waals surface area contributed by atoms with Crippen LogP contribution in [0.3, 0.4) is 0 Å². The second-order valence-electron chi connectivity index (χ2n) is 6.36. The van der Waals surface area contributed by atoms with Crippen molar-refractivity contribution in [1.82, 2.24) is 0 Å². The molecule has 1 N–H and O–H groups in total. The number of nitrogens with zero attached hydrogens (tertiary/aromatic N) is 1. The molecule has 2 heterocycles. The van der Waals surface area contributed by atoms with Gasteiger partial charge in [0.25, 0.3) is 5.91 Å². The first-order chi connectivity index (χ1) is 12.6. The lowest BCUT2D eigenvalue weighted by molar-refractivity contribution is -0.138. The van der Waals surface area contributed by atoms with Gasteiger partial charge in [-0.3, -0.25) is 9.59 Å². The molecule has 0 aliphatic carbocycles. The van der Waals surface area contributed by atoms with Gasteiger partial charge >= 0.3 is 5.97 Å². The molecular weight excluding hydrogens is 346 g/mol. The Hall–Kier alpha value is -2.92. The molecule has 2 aromatic carbocycles. The summed E-state index contributed by atoms with van der Waals surface area (Å²) in [5.41, 5.74) is 4.16. The summed E-state index contributed by atoms with van der Waals surface area (Å²) < 4.78 is 0. The van der Waals surface area contributed by atoms with Crippen LogP contribution in [0.4, 0.5) is 5.69 Å². The number of carbonyl (C=O) groups is 2. The number of carbonyl (C=O) groups excluding carboxylic acids is 1. The number of rotatable bonds is 4. The molecule has 3 aromatic rings. The summed E-state index contributed by atoms with van der Waals surface area (Å²) in [6.45, 7) is 2.22. The number of carboxylic acid groups (broad SMARTS) is 1. The summed E-state index contributed by atoms with van der Waals surface area (Å²) in [5.74, 6) is -1.50. The van der Waals surface area contributed by atoms with E-state index < -0.39 is 11.9 Å². The SMILES string of the molecule is CC(C(=O)O)c1ccc(N2Cc3ccccc3C2=O)cc1-c1cccs1. The van der Waals surface area contributed by atoms with E-state index in [0.717, 1.165) is 32.8 Å². The first kappa shape index (κ1) is 16.5. The van der Waals surface area contributed by atoms with Crippen LogP contribution in [0.15, 0.2) is 60.0 Å². The van der Waals surface area contributed by atoms with Crippen LogP contribution in [-0.4, -0.2) is 17.0 Å². The molecule has 1 atom stereocenters. The van der Waals surface area contributed by atoms with Crippen LogP contribution in [0.2, 0.25) is 0 Å². The van der Waals surface area contributed by atoms with Crippen molar-refractivity contribution in [3.63, 3.8) is 0 Å². The normalized spacial score (nSPS) is 14.3. The number of thiophene rings is 1. The third-order valence-corrected chi connectivity index (χ3v) is 5.70. The minimum absolute atomic E-state index is 0.0169.